The Balaban J connectivity index is 1.78. The molecule has 176 valence electrons. The molecule has 5 rings (SSSR count). The fourth-order valence-corrected chi connectivity index (χ4v) is 4.86. The number of nitrogens with two attached hydrogens (primary N) is 1. The molecule has 0 radical (unpaired) electrons. The first-order chi connectivity index (χ1) is 16.6. The van der Waals surface area contributed by atoms with Crippen LogP contribution in [0.15, 0.2) is 42.6 Å². The van der Waals surface area contributed by atoms with Crippen LogP contribution >= 0.6 is 11.6 Å². The van der Waals surface area contributed by atoms with Gasteiger partial charge >= 0.3 is 0 Å². The summed E-state index contributed by atoms with van der Waals surface area (Å²) < 4.78 is 31.5. The molecule has 2 aromatic carbocycles. The number of imidazole rings is 1. The minimum atomic E-state index is -1.04. The van der Waals surface area contributed by atoms with Crippen LogP contribution in [0.5, 0.6) is 0 Å². The second-order valence-corrected chi connectivity index (χ2v) is 8.77. The van der Waals surface area contributed by atoms with Gasteiger partial charge in [-0.25, -0.2) is 13.8 Å². The van der Waals surface area contributed by atoms with Gasteiger partial charge in [0.15, 0.2) is 6.29 Å². The van der Waals surface area contributed by atoms with Crippen LogP contribution in [0.25, 0.3) is 27.7 Å². The predicted octanol–water partition coefficient (Wildman–Crippen LogP) is 5.67. The van der Waals surface area contributed by atoms with Crippen LogP contribution in [0.3, 0.4) is 0 Å². The lowest BCUT2D eigenvalue weighted by atomic mass is 9.98. The monoisotopic (exact) mass is 492 g/mol. The zero-order valence-corrected chi connectivity index (χ0v) is 19.7. The lowest BCUT2D eigenvalue weighted by Gasteiger charge is -2.13. The van der Waals surface area contributed by atoms with Crippen LogP contribution in [0.4, 0.5) is 14.5 Å². The number of carbonyl (C=O) groups excluding carboxylic acids is 2. The highest BCUT2D eigenvalue weighted by Crippen LogP contribution is 2.40. The second kappa shape index (κ2) is 8.02. The van der Waals surface area contributed by atoms with Crippen molar-refractivity contribution in [2.24, 2.45) is 7.05 Å². The van der Waals surface area contributed by atoms with Gasteiger partial charge in [0.2, 0.25) is 5.78 Å². The average Bonchev–Trinajstić information content (AvgIpc) is 3.35. The molecule has 3 aromatic heterocycles. The van der Waals surface area contributed by atoms with Crippen LogP contribution in [-0.4, -0.2) is 26.0 Å². The molecule has 0 bridgehead atoms. The smallest absolute Gasteiger partial charge is 0.209 e. The van der Waals surface area contributed by atoms with E-state index in [2.05, 4.69) is 4.98 Å². The van der Waals surface area contributed by atoms with Gasteiger partial charge < -0.3 is 14.7 Å². The molecule has 0 saturated heterocycles. The molecule has 0 aliphatic heterocycles. The highest BCUT2D eigenvalue weighted by molar-refractivity contribution is 6.38. The normalized spacial score (nSPS) is 11.5. The summed E-state index contributed by atoms with van der Waals surface area (Å²) in [5, 5.41) is 0.422. The summed E-state index contributed by atoms with van der Waals surface area (Å²) in [5.41, 5.74) is 8.83. The van der Waals surface area contributed by atoms with E-state index in [1.807, 2.05) is 31.5 Å². The number of carbonyl (C=O) groups is 2. The topological polar surface area (TPSA) is 82.4 Å². The third-order valence-corrected chi connectivity index (χ3v) is 6.70. The van der Waals surface area contributed by atoms with Crippen molar-refractivity contribution >= 4 is 45.9 Å². The lowest BCUT2D eigenvalue weighted by molar-refractivity contribution is 0.103. The third-order valence-electron chi connectivity index (χ3n) is 6.33. The number of hydrogen-bond donors (Lipinski definition) is 1. The Bertz CT molecular complexity index is 1700. The molecule has 0 atom stereocenters. The number of benzene rings is 2. The van der Waals surface area contributed by atoms with Crippen molar-refractivity contribution in [2.45, 2.75) is 13.8 Å². The van der Waals surface area contributed by atoms with E-state index in [9.17, 15) is 18.4 Å². The molecule has 0 aliphatic rings. The molecule has 0 aliphatic carbocycles. The molecule has 0 saturated carbocycles. The highest BCUT2D eigenvalue weighted by atomic mass is 35.5. The minimum Gasteiger partial charge on any atom is -0.394 e. The van der Waals surface area contributed by atoms with Crippen LogP contribution in [0, 0.1) is 25.5 Å². The minimum absolute atomic E-state index is 0.0658. The Morgan fingerprint density at radius 1 is 1.14 bits per heavy atom. The van der Waals surface area contributed by atoms with Gasteiger partial charge in [-0.1, -0.05) is 17.7 Å². The fraction of sp³-hybridized carbons (Fsp3) is 0.115. The zero-order valence-electron chi connectivity index (χ0n) is 19.0. The number of ketones is 1. The Morgan fingerprint density at radius 3 is 2.49 bits per heavy atom. The summed E-state index contributed by atoms with van der Waals surface area (Å²) in [6, 6.07) is 8.63. The largest absolute Gasteiger partial charge is 0.394 e. The van der Waals surface area contributed by atoms with E-state index in [4.69, 9.17) is 17.3 Å². The van der Waals surface area contributed by atoms with Crippen molar-refractivity contribution in [2.75, 3.05) is 5.73 Å². The molecule has 0 unspecified atom stereocenters. The van der Waals surface area contributed by atoms with E-state index in [-0.39, 0.29) is 16.8 Å². The van der Waals surface area contributed by atoms with E-state index < -0.39 is 23.1 Å². The van der Waals surface area contributed by atoms with Crippen LogP contribution in [0.1, 0.15) is 37.8 Å². The first kappa shape index (κ1) is 22.7. The number of hydrogen-bond acceptors (Lipinski definition) is 4. The molecule has 2 N–H and O–H groups in total. The van der Waals surface area contributed by atoms with E-state index in [0.717, 1.165) is 29.0 Å². The predicted molar refractivity (Wildman–Crippen MR) is 131 cm³/mol. The van der Waals surface area contributed by atoms with Crippen molar-refractivity contribution in [3.8, 4) is 11.1 Å². The molecule has 35 heavy (non-hydrogen) atoms. The van der Waals surface area contributed by atoms with Gasteiger partial charge in [0.25, 0.3) is 0 Å². The number of aromatic nitrogens is 3. The molecular formula is C26H19ClF2N4O2. The van der Waals surface area contributed by atoms with Gasteiger partial charge in [0, 0.05) is 35.5 Å². The summed E-state index contributed by atoms with van der Waals surface area (Å²) in [6.45, 7) is 3.78. The third kappa shape index (κ3) is 3.32. The van der Waals surface area contributed by atoms with E-state index in [1.54, 1.807) is 18.3 Å². The lowest BCUT2D eigenvalue weighted by Crippen LogP contribution is -2.08. The SMILES string of the molecule is Cc1cc2c(nc(C)n2C)c(Cl)c1-c1cccn2c(C(=O)c3cc(F)c(N)c(F)c3)cc(C=O)c12. The maximum Gasteiger partial charge on any atom is 0.209 e. The number of nitrogens with zero attached hydrogens (tertiary/aromatic N) is 3. The Kier molecular flexibility index (Phi) is 5.21. The van der Waals surface area contributed by atoms with Crippen molar-refractivity contribution in [3.05, 3.63) is 87.5 Å². The summed E-state index contributed by atoms with van der Waals surface area (Å²) in [6.07, 6.45) is 2.24. The average molecular weight is 493 g/mol. The van der Waals surface area contributed by atoms with Gasteiger partial charge in [0.1, 0.15) is 28.7 Å². The Labute approximate surface area is 203 Å². The van der Waals surface area contributed by atoms with Crippen molar-refractivity contribution in [1.82, 2.24) is 14.0 Å². The standard InChI is InChI=1S/C26H19ClF2N4O2/c1-12-7-19-24(31-13(2)32(19)3)22(27)21(12)16-5-4-6-33-20(10-15(11-34)25(16)33)26(35)14-8-17(28)23(30)18(29)9-14/h4-11H,30H2,1-3H3. The number of anilines is 1. The first-order valence-electron chi connectivity index (χ1n) is 10.6. The summed E-state index contributed by atoms with van der Waals surface area (Å²) in [5.74, 6) is -1.94. The number of rotatable bonds is 4. The molecule has 0 amide bonds. The number of fused-ring (bicyclic) bond motifs is 2. The van der Waals surface area contributed by atoms with Crippen molar-refractivity contribution in [1.29, 1.82) is 0 Å². The highest BCUT2D eigenvalue weighted by Gasteiger charge is 2.24. The zero-order chi connectivity index (χ0) is 25.2. The molecule has 9 heteroatoms. The summed E-state index contributed by atoms with van der Waals surface area (Å²) in [4.78, 5) is 29.9. The Hall–Kier alpha value is -4.04. The van der Waals surface area contributed by atoms with Crippen LogP contribution in [0.2, 0.25) is 5.02 Å². The number of aldehydes is 1. The van der Waals surface area contributed by atoms with Gasteiger partial charge in [0.05, 0.1) is 21.7 Å². The number of pyridine rings is 1. The van der Waals surface area contributed by atoms with Crippen LogP contribution in [-0.2, 0) is 7.05 Å². The quantitative estimate of drug-likeness (QED) is 0.199. The van der Waals surface area contributed by atoms with E-state index in [1.165, 1.54) is 10.5 Å². The van der Waals surface area contributed by atoms with Gasteiger partial charge in [-0.2, -0.15) is 0 Å². The van der Waals surface area contributed by atoms with Gasteiger partial charge in [-0.05, 0) is 49.7 Å². The Morgan fingerprint density at radius 2 is 1.83 bits per heavy atom. The van der Waals surface area contributed by atoms with Gasteiger partial charge in [-0.15, -0.1) is 0 Å². The van der Waals surface area contributed by atoms with Crippen LogP contribution < -0.4 is 5.73 Å². The maximum atomic E-state index is 14.0. The molecule has 3 heterocycles. The maximum absolute atomic E-state index is 14.0. The summed E-state index contributed by atoms with van der Waals surface area (Å²) >= 11 is 6.84. The second-order valence-electron chi connectivity index (χ2n) is 8.39. The molecule has 0 spiro atoms. The molecule has 0 fully saturated rings. The fourth-order valence-electron chi connectivity index (χ4n) is 4.47. The number of aryl methyl sites for hydroxylation is 3. The molecule has 5 aromatic rings. The number of halogens is 3. The molecular weight excluding hydrogens is 474 g/mol. The van der Waals surface area contributed by atoms with E-state index in [0.29, 0.717) is 33.5 Å². The van der Waals surface area contributed by atoms with Gasteiger partial charge in [-0.3, -0.25) is 9.59 Å². The molecule has 6 nitrogen and oxygen atoms in total. The first-order valence-corrected chi connectivity index (χ1v) is 11.0. The van der Waals surface area contributed by atoms with Crippen molar-refractivity contribution < 1.29 is 18.4 Å². The number of nitrogen functional groups attached to an aromatic ring is 1. The van der Waals surface area contributed by atoms with Crippen molar-refractivity contribution in [3.63, 3.8) is 0 Å². The summed E-state index contributed by atoms with van der Waals surface area (Å²) in [7, 11) is 1.90. The van der Waals surface area contributed by atoms with E-state index >= 15 is 0 Å².